The molecule has 0 saturated heterocycles. The van der Waals surface area contributed by atoms with Crippen LogP contribution in [0.3, 0.4) is 0 Å². The lowest BCUT2D eigenvalue weighted by atomic mass is 10.0. The molecule has 0 aromatic heterocycles. The highest BCUT2D eigenvalue weighted by Gasteiger charge is 2.20. The summed E-state index contributed by atoms with van der Waals surface area (Å²) in [6.45, 7) is 9.55. The molecule has 0 saturated carbocycles. The van der Waals surface area contributed by atoms with Gasteiger partial charge in [0.1, 0.15) is 5.75 Å². The predicted octanol–water partition coefficient (Wildman–Crippen LogP) is 2.56. The molecule has 1 amide bonds. The number of hydrogen-bond donors (Lipinski definition) is 1. The molecule has 0 spiro atoms. The van der Waals surface area contributed by atoms with Gasteiger partial charge in [-0.25, -0.2) is 0 Å². The lowest BCUT2D eigenvalue weighted by molar-refractivity contribution is -0.136. The van der Waals surface area contributed by atoms with Crippen LogP contribution in [0, 0.1) is 6.92 Å². The summed E-state index contributed by atoms with van der Waals surface area (Å²) in [6.07, 6.45) is -0.480. The first-order chi connectivity index (χ1) is 9.86. The highest BCUT2D eigenvalue weighted by Crippen LogP contribution is 2.28. The second-order valence-electron chi connectivity index (χ2n) is 5.82. The van der Waals surface area contributed by atoms with Gasteiger partial charge in [-0.1, -0.05) is 26.0 Å². The summed E-state index contributed by atoms with van der Waals surface area (Å²) in [5, 5.41) is 3.04. The standard InChI is InChI=1S/C17H28N2O2/c1-12(2)15-8-7-13(3)11-16(15)21-14(4)17(20)19(6)10-9-18-5/h7-8,11-12,14,18H,9-10H2,1-6H3. The summed E-state index contributed by atoms with van der Waals surface area (Å²) in [4.78, 5) is 14.0. The van der Waals surface area contributed by atoms with Gasteiger partial charge in [0.2, 0.25) is 0 Å². The number of aryl methyl sites for hydroxylation is 1. The molecule has 1 N–H and O–H groups in total. The Bertz CT molecular complexity index is 472. The Labute approximate surface area is 128 Å². The Kier molecular flexibility index (Phi) is 6.69. The van der Waals surface area contributed by atoms with Gasteiger partial charge in [0.05, 0.1) is 0 Å². The molecule has 0 bridgehead atoms. The van der Waals surface area contributed by atoms with Gasteiger partial charge in [0, 0.05) is 20.1 Å². The third kappa shape index (κ3) is 5.05. The maximum Gasteiger partial charge on any atom is 0.263 e. The fourth-order valence-corrected chi connectivity index (χ4v) is 2.16. The highest BCUT2D eigenvalue weighted by molar-refractivity contribution is 5.80. The lowest BCUT2D eigenvalue weighted by Crippen LogP contribution is -2.40. The molecule has 21 heavy (non-hydrogen) atoms. The van der Waals surface area contributed by atoms with E-state index in [1.807, 2.05) is 27.0 Å². The van der Waals surface area contributed by atoms with E-state index in [4.69, 9.17) is 4.74 Å². The number of amides is 1. The average molecular weight is 292 g/mol. The molecule has 0 heterocycles. The molecule has 4 nitrogen and oxygen atoms in total. The van der Waals surface area contributed by atoms with Gasteiger partial charge in [-0.15, -0.1) is 0 Å². The molecule has 0 fully saturated rings. The number of carbonyl (C=O) groups is 1. The minimum absolute atomic E-state index is 0.00135. The van der Waals surface area contributed by atoms with E-state index in [2.05, 4.69) is 31.3 Å². The molecule has 0 radical (unpaired) electrons. The Hall–Kier alpha value is -1.55. The number of nitrogens with zero attached hydrogens (tertiary/aromatic N) is 1. The van der Waals surface area contributed by atoms with E-state index in [9.17, 15) is 4.79 Å². The Morgan fingerprint density at radius 3 is 2.57 bits per heavy atom. The molecule has 0 aliphatic rings. The SMILES string of the molecule is CNCCN(C)C(=O)C(C)Oc1cc(C)ccc1C(C)C. The van der Waals surface area contributed by atoms with Gasteiger partial charge in [-0.2, -0.15) is 0 Å². The van der Waals surface area contributed by atoms with Crippen molar-refractivity contribution in [1.29, 1.82) is 0 Å². The van der Waals surface area contributed by atoms with Crippen molar-refractivity contribution in [2.45, 2.75) is 39.7 Å². The van der Waals surface area contributed by atoms with Gasteiger partial charge < -0.3 is 15.0 Å². The zero-order chi connectivity index (χ0) is 16.0. The quantitative estimate of drug-likeness (QED) is 0.840. The number of hydrogen-bond acceptors (Lipinski definition) is 3. The van der Waals surface area contributed by atoms with Crippen LogP contribution in [0.5, 0.6) is 5.75 Å². The Balaban J connectivity index is 2.80. The number of carbonyl (C=O) groups excluding carboxylic acids is 1. The van der Waals surface area contributed by atoms with Crippen molar-refractivity contribution in [2.75, 3.05) is 27.2 Å². The van der Waals surface area contributed by atoms with Crippen LogP contribution in [-0.2, 0) is 4.79 Å². The number of nitrogens with one attached hydrogen (secondary N) is 1. The molecule has 118 valence electrons. The van der Waals surface area contributed by atoms with Crippen LogP contribution < -0.4 is 10.1 Å². The first-order valence-electron chi connectivity index (χ1n) is 7.53. The fourth-order valence-electron chi connectivity index (χ4n) is 2.16. The van der Waals surface area contributed by atoms with Crippen molar-refractivity contribution in [3.63, 3.8) is 0 Å². The molecule has 1 atom stereocenters. The second-order valence-corrected chi connectivity index (χ2v) is 5.82. The first kappa shape index (κ1) is 17.5. The first-order valence-corrected chi connectivity index (χ1v) is 7.53. The summed E-state index contributed by atoms with van der Waals surface area (Å²) < 4.78 is 5.94. The van der Waals surface area contributed by atoms with Gasteiger partial charge >= 0.3 is 0 Å². The van der Waals surface area contributed by atoms with Crippen molar-refractivity contribution in [2.24, 2.45) is 0 Å². The maximum atomic E-state index is 12.3. The zero-order valence-electron chi connectivity index (χ0n) is 14.1. The van der Waals surface area contributed by atoms with Crippen molar-refractivity contribution >= 4 is 5.91 Å². The van der Waals surface area contributed by atoms with Gasteiger partial charge in [-0.3, -0.25) is 4.79 Å². The van der Waals surface area contributed by atoms with E-state index in [1.54, 1.807) is 11.9 Å². The van der Waals surface area contributed by atoms with E-state index in [0.717, 1.165) is 23.4 Å². The minimum atomic E-state index is -0.480. The topological polar surface area (TPSA) is 41.6 Å². The third-order valence-corrected chi connectivity index (χ3v) is 3.52. The van der Waals surface area contributed by atoms with Crippen molar-refractivity contribution < 1.29 is 9.53 Å². The predicted molar refractivity (Wildman–Crippen MR) is 86.9 cm³/mol. The van der Waals surface area contributed by atoms with Crippen LogP contribution in [0.25, 0.3) is 0 Å². The normalized spacial score (nSPS) is 12.3. The molecular formula is C17H28N2O2. The van der Waals surface area contributed by atoms with Crippen LogP contribution in [0.1, 0.15) is 37.8 Å². The summed E-state index contributed by atoms with van der Waals surface area (Å²) in [5.74, 6) is 1.18. The Morgan fingerprint density at radius 1 is 1.33 bits per heavy atom. The van der Waals surface area contributed by atoms with E-state index in [1.165, 1.54) is 0 Å². The zero-order valence-corrected chi connectivity index (χ0v) is 14.1. The molecule has 1 aromatic rings. The molecule has 4 heteroatoms. The summed E-state index contributed by atoms with van der Waals surface area (Å²) in [6, 6.07) is 6.16. The summed E-state index contributed by atoms with van der Waals surface area (Å²) in [5.41, 5.74) is 2.27. The molecule has 0 aliphatic heterocycles. The smallest absolute Gasteiger partial charge is 0.263 e. The van der Waals surface area contributed by atoms with Crippen LogP contribution in [0.2, 0.25) is 0 Å². The number of likely N-dealkylation sites (N-methyl/N-ethyl adjacent to an activating group) is 2. The molecule has 1 unspecified atom stereocenters. The second kappa shape index (κ2) is 8.03. The van der Waals surface area contributed by atoms with E-state index < -0.39 is 6.10 Å². The van der Waals surface area contributed by atoms with Gasteiger partial charge in [0.15, 0.2) is 6.10 Å². The van der Waals surface area contributed by atoms with Crippen LogP contribution in [0.4, 0.5) is 0 Å². The monoisotopic (exact) mass is 292 g/mol. The highest BCUT2D eigenvalue weighted by atomic mass is 16.5. The van der Waals surface area contributed by atoms with E-state index in [-0.39, 0.29) is 5.91 Å². The number of ether oxygens (including phenoxy) is 1. The van der Waals surface area contributed by atoms with Crippen molar-refractivity contribution in [3.8, 4) is 5.75 Å². The fraction of sp³-hybridized carbons (Fsp3) is 0.588. The van der Waals surface area contributed by atoms with Gasteiger partial charge in [-0.05, 0) is 44.0 Å². The molecule has 1 rings (SSSR count). The largest absolute Gasteiger partial charge is 0.481 e. The molecule has 0 aliphatic carbocycles. The lowest BCUT2D eigenvalue weighted by Gasteiger charge is -2.24. The average Bonchev–Trinajstić information content (AvgIpc) is 2.43. The van der Waals surface area contributed by atoms with Crippen LogP contribution in [-0.4, -0.2) is 44.1 Å². The molecular weight excluding hydrogens is 264 g/mol. The van der Waals surface area contributed by atoms with Crippen molar-refractivity contribution in [3.05, 3.63) is 29.3 Å². The van der Waals surface area contributed by atoms with Crippen LogP contribution in [0.15, 0.2) is 18.2 Å². The van der Waals surface area contributed by atoms with Crippen molar-refractivity contribution in [1.82, 2.24) is 10.2 Å². The third-order valence-electron chi connectivity index (χ3n) is 3.52. The maximum absolute atomic E-state index is 12.3. The summed E-state index contributed by atoms with van der Waals surface area (Å²) in [7, 11) is 3.68. The minimum Gasteiger partial charge on any atom is -0.481 e. The van der Waals surface area contributed by atoms with Gasteiger partial charge in [0.25, 0.3) is 5.91 Å². The van der Waals surface area contributed by atoms with E-state index >= 15 is 0 Å². The van der Waals surface area contributed by atoms with Crippen LogP contribution >= 0.6 is 0 Å². The summed E-state index contributed by atoms with van der Waals surface area (Å²) >= 11 is 0. The molecule has 1 aromatic carbocycles. The number of rotatable bonds is 7. The number of benzene rings is 1. The Morgan fingerprint density at radius 2 is 2.00 bits per heavy atom. The van der Waals surface area contributed by atoms with E-state index in [0.29, 0.717) is 12.5 Å².